The van der Waals surface area contributed by atoms with Gasteiger partial charge in [-0.2, -0.15) is 5.10 Å². The molecule has 106 valence electrons. The molecular weight excluding hydrogens is 350 g/mol. The smallest absolute Gasteiger partial charge is 0.117 e. The fourth-order valence-electron chi connectivity index (χ4n) is 2.16. The van der Waals surface area contributed by atoms with Gasteiger partial charge in [-0.25, -0.2) is 0 Å². The van der Waals surface area contributed by atoms with Crippen molar-refractivity contribution in [3.8, 4) is 11.3 Å². The van der Waals surface area contributed by atoms with E-state index >= 15 is 0 Å². The van der Waals surface area contributed by atoms with E-state index in [0.29, 0.717) is 17.3 Å². The number of nitrogens with zero attached hydrogens (tertiary/aromatic N) is 2. The van der Waals surface area contributed by atoms with Crippen molar-refractivity contribution >= 4 is 33.2 Å². The molecule has 3 nitrogen and oxygen atoms in total. The zero-order valence-corrected chi connectivity index (χ0v) is 13.5. The second-order valence-corrected chi connectivity index (χ2v) is 6.06. The van der Waals surface area contributed by atoms with Gasteiger partial charge in [0.05, 0.1) is 17.3 Å². The molecular formula is C16H13BrClN3. The first-order chi connectivity index (χ1) is 10.1. The van der Waals surface area contributed by atoms with Gasteiger partial charge < -0.3 is 5.73 Å². The van der Waals surface area contributed by atoms with Crippen LogP contribution in [0.15, 0.2) is 59.2 Å². The van der Waals surface area contributed by atoms with Crippen LogP contribution in [0.3, 0.4) is 0 Å². The Morgan fingerprint density at radius 2 is 1.81 bits per heavy atom. The SMILES string of the molecule is Nc1cn(Cc2ccc(Br)cc2)nc1-c1ccccc1Cl. The number of hydrogen-bond acceptors (Lipinski definition) is 2. The first kappa shape index (κ1) is 14.2. The molecule has 1 heterocycles. The monoisotopic (exact) mass is 361 g/mol. The van der Waals surface area contributed by atoms with Crippen molar-refractivity contribution in [3.05, 3.63) is 69.8 Å². The summed E-state index contributed by atoms with van der Waals surface area (Å²) in [5.74, 6) is 0. The number of benzene rings is 2. The molecule has 0 unspecified atom stereocenters. The molecule has 0 radical (unpaired) electrons. The summed E-state index contributed by atoms with van der Waals surface area (Å²) < 4.78 is 2.89. The number of nitrogen functional groups attached to an aromatic ring is 1. The average molecular weight is 363 g/mol. The lowest BCUT2D eigenvalue weighted by Crippen LogP contribution is -2.00. The largest absolute Gasteiger partial charge is 0.396 e. The van der Waals surface area contributed by atoms with Crippen molar-refractivity contribution in [1.29, 1.82) is 0 Å². The zero-order chi connectivity index (χ0) is 14.8. The molecule has 2 aromatic carbocycles. The van der Waals surface area contributed by atoms with Gasteiger partial charge in [-0.05, 0) is 23.8 Å². The molecule has 2 N–H and O–H groups in total. The molecule has 0 bridgehead atoms. The van der Waals surface area contributed by atoms with Crippen LogP contribution >= 0.6 is 27.5 Å². The molecule has 0 aliphatic heterocycles. The highest BCUT2D eigenvalue weighted by Gasteiger charge is 2.11. The summed E-state index contributed by atoms with van der Waals surface area (Å²) in [6, 6.07) is 15.7. The van der Waals surface area contributed by atoms with Crippen LogP contribution in [0.5, 0.6) is 0 Å². The van der Waals surface area contributed by atoms with E-state index in [-0.39, 0.29) is 0 Å². The Labute approximate surface area is 136 Å². The number of anilines is 1. The molecule has 3 rings (SSSR count). The van der Waals surface area contributed by atoms with Gasteiger partial charge in [-0.1, -0.05) is 57.9 Å². The van der Waals surface area contributed by atoms with Crippen LogP contribution in [0, 0.1) is 0 Å². The van der Waals surface area contributed by atoms with Crippen molar-refractivity contribution < 1.29 is 0 Å². The lowest BCUT2D eigenvalue weighted by molar-refractivity contribution is 0.689. The maximum absolute atomic E-state index is 6.21. The summed E-state index contributed by atoms with van der Waals surface area (Å²) in [5, 5.41) is 5.21. The van der Waals surface area contributed by atoms with Crippen LogP contribution < -0.4 is 5.73 Å². The van der Waals surface area contributed by atoms with E-state index < -0.39 is 0 Å². The molecule has 1 aromatic heterocycles. The normalized spacial score (nSPS) is 10.8. The quantitative estimate of drug-likeness (QED) is 0.740. The van der Waals surface area contributed by atoms with Gasteiger partial charge in [-0.15, -0.1) is 0 Å². The Bertz CT molecular complexity index is 765. The fraction of sp³-hybridized carbons (Fsp3) is 0.0625. The highest BCUT2D eigenvalue weighted by atomic mass is 79.9. The van der Waals surface area contributed by atoms with E-state index in [9.17, 15) is 0 Å². The molecule has 0 aliphatic rings. The van der Waals surface area contributed by atoms with Crippen LogP contribution in [0.2, 0.25) is 5.02 Å². The summed E-state index contributed by atoms with van der Waals surface area (Å²) in [4.78, 5) is 0. The lowest BCUT2D eigenvalue weighted by Gasteiger charge is -2.03. The standard InChI is InChI=1S/C16H13BrClN3/c17-12-7-5-11(6-8-12)9-21-10-15(19)16(20-21)13-3-1-2-4-14(13)18/h1-8,10H,9,19H2. The Kier molecular flexibility index (Phi) is 3.99. The predicted molar refractivity (Wildman–Crippen MR) is 90.3 cm³/mol. The lowest BCUT2D eigenvalue weighted by atomic mass is 10.1. The second kappa shape index (κ2) is 5.92. The molecule has 0 aliphatic carbocycles. The van der Waals surface area contributed by atoms with E-state index in [0.717, 1.165) is 21.3 Å². The molecule has 0 fully saturated rings. The van der Waals surface area contributed by atoms with Crippen molar-refractivity contribution in [2.45, 2.75) is 6.54 Å². The first-order valence-electron chi connectivity index (χ1n) is 6.46. The van der Waals surface area contributed by atoms with Crippen molar-refractivity contribution in [1.82, 2.24) is 9.78 Å². The van der Waals surface area contributed by atoms with Crippen molar-refractivity contribution in [3.63, 3.8) is 0 Å². The average Bonchev–Trinajstić information content (AvgIpc) is 2.83. The van der Waals surface area contributed by atoms with Crippen LogP contribution in [0.4, 0.5) is 5.69 Å². The maximum Gasteiger partial charge on any atom is 0.117 e. The summed E-state index contributed by atoms with van der Waals surface area (Å²) in [7, 11) is 0. The number of rotatable bonds is 3. The Morgan fingerprint density at radius 1 is 1.10 bits per heavy atom. The number of halogens is 2. The zero-order valence-electron chi connectivity index (χ0n) is 11.1. The Hall–Kier alpha value is -1.78. The van der Waals surface area contributed by atoms with Gasteiger partial charge in [0.1, 0.15) is 5.69 Å². The van der Waals surface area contributed by atoms with E-state index in [1.54, 1.807) is 0 Å². The van der Waals surface area contributed by atoms with Gasteiger partial charge >= 0.3 is 0 Å². The number of hydrogen-bond donors (Lipinski definition) is 1. The third-order valence-electron chi connectivity index (χ3n) is 3.18. The summed E-state index contributed by atoms with van der Waals surface area (Å²) >= 11 is 9.64. The van der Waals surface area contributed by atoms with Gasteiger partial charge in [0.2, 0.25) is 0 Å². The van der Waals surface area contributed by atoms with Crippen LogP contribution in [-0.2, 0) is 6.54 Å². The third kappa shape index (κ3) is 3.12. The fourth-order valence-corrected chi connectivity index (χ4v) is 2.65. The first-order valence-corrected chi connectivity index (χ1v) is 7.63. The van der Waals surface area contributed by atoms with Crippen molar-refractivity contribution in [2.24, 2.45) is 0 Å². The molecule has 21 heavy (non-hydrogen) atoms. The molecule has 0 spiro atoms. The third-order valence-corrected chi connectivity index (χ3v) is 4.04. The minimum atomic E-state index is 0.625. The highest BCUT2D eigenvalue weighted by molar-refractivity contribution is 9.10. The second-order valence-electron chi connectivity index (χ2n) is 4.74. The molecule has 0 amide bonds. The van der Waals surface area contributed by atoms with E-state index in [4.69, 9.17) is 17.3 Å². The van der Waals surface area contributed by atoms with E-state index in [1.165, 1.54) is 0 Å². The topological polar surface area (TPSA) is 43.8 Å². The highest BCUT2D eigenvalue weighted by Crippen LogP contribution is 2.30. The number of aromatic nitrogens is 2. The predicted octanol–water partition coefficient (Wildman–Crippen LogP) is 4.60. The van der Waals surface area contributed by atoms with E-state index in [1.807, 2.05) is 47.3 Å². The maximum atomic E-state index is 6.21. The summed E-state index contributed by atoms with van der Waals surface area (Å²) in [5.41, 5.74) is 9.43. The minimum absolute atomic E-state index is 0.625. The van der Waals surface area contributed by atoms with Gasteiger partial charge in [0.15, 0.2) is 0 Å². The Balaban J connectivity index is 1.91. The van der Waals surface area contributed by atoms with E-state index in [2.05, 4.69) is 33.2 Å². The number of nitrogens with two attached hydrogens (primary N) is 1. The van der Waals surface area contributed by atoms with Gasteiger partial charge in [-0.3, -0.25) is 4.68 Å². The molecule has 0 atom stereocenters. The minimum Gasteiger partial charge on any atom is -0.396 e. The van der Waals surface area contributed by atoms with Gasteiger partial charge in [0, 0.05) is 16.2 Å². The van der Waals surface area contributed by atoms with Crippen molar-refractivity contribution in [2.75, 3.05) is 5.73 Å². The molecule has 0 saturated carbocycles. The van der Waals surface area contributed by atoms with Crippen LogP contribution in [0.25, 0.3) is 11.3 Å². The Morgan fingerprint density at radius 3 is 2.52 bits per heavy atom. The van der Waals surface area contributed by atoms with Gasteiger partial charge in [0.25, 0.3) is 0 Å². The summed E-state index contributed by atoms with van der Waals surface area (Å²) in [6.07, 6.45) is 1.83. The molecule has 3 aromatic rings. The molecule has 0 saturated heterocycles. The summed E-state index contributed by atoms with van der Waals surface area (Å²) in [6.45, 7) is 0.669. The van der Waals surface area contributed by atoms with Crippen LogP contribution in [-0.4, -0.2) is 9.78 Å². The molecule has 5 heteroatoms. The van der Waals surface area contributed by atoms with Crippen LogP contribution in [0.1, 0.15) is 5.56 Å².